The van der Waals surface area contributed by atoms with E-state index in [1.54, 1.807) is 24.3 Å². The lowest BCUT2D eigenvalue weighted by Crippen LogP contribution is -1.98. The summed E-state index contributed by atoms with van der Waals surface area (Å²) in [6.45, 7) is 1.95. The van der Waals surface area contributed by atoms with Crippen molar-refractivity contribution in [2.45, 2.75) is 11.8 Å². The lowest BCUT2D eigenvalue weighted by Gasteiger charge is -2.08. The minimum absolute atomic E-state index is 0.332. The molecule has 0 amide bonds. The topological polar surface area (TPSA) is 34.1 Å². The third-order valence-corrected chi connectivity index (χ3v) is 4.15. The van der Waals surface area contributed by atoms with Gasteiger partial charge in [0.1, 0.15) is 0 Å². The molecule has 0 fully saturated rings. The van der Waals surface area contributed by atoms with E-state index in [1.165, 1.54) is 6.26 Å². The number of halogens is 1. The Morgan fingerprint density at radius 2 is 1.61 bits per heavy atom. The van der Waals surface area contributed by atoms with Gasteiger partial charge in [0.25, 0.3) is 0 Å². The van der Waals surface area contributed by atoms with Crippen molar-refractivity contribution in [2.75, 3.05) is 6.26 Å². The maximum Gasteiger partial charge on any atom is 0.175 e. The molecule has 0 heterocycles. The molecule has 2 rings (SSSR count). The van der Waals surface area contributed by atoms with Gasteiger partial charge >= 0.3 is 0 Å². The van der Waals surface area contributed by atoms with Crippen LogP contribution in [-0.2, 0) is 9.84 Å². The van der Waals surface area contributed by atoms with Crippen LogP contribution in [0.2, 0.25) is 5.02 Å². The first kappa shape index (κ1) is 13.1. The average Bonchev–Trinajstić information content (AvgIpc) is 2.29. The lowest BCUT2D eigenvalue weighted by atomic mass is 10.0. The summed E-state index contributed by atoms with van der Waals surface area (Å²) in [7, 11) is -3.18. The zero-order chi connectivity index (χ0) is 13.3. The van der Waals surface area contributed by atoms with Crippen LogP contribution in [0.1, 0.15) is 5.56 Å². The Bertz CT molecular complexity index is 673. The Morgan fingerprint density at radius 3 is 2.17 bits per heavy atom. The molecule has 94 valence electrons. The third-order valence-electron chi connectivity index (χ3n) is 2.79. The van der Waals surface area contributed by atoms with Crippen LogP contribution in [0.25, 0.3) is 11.1 Å². The van der Waals surface area contributed by atoms with Crippen molar-refractivity contribution < 1.29 is 8.42 Å². The molecule has 0 bridgehead atoms. The average molecular weight is 281 g/mol. The number of hydrogen-bond acceptors (Lipinski definition) is 2. The summed E-state index contributed by atoms with van der Waals surface area (Å²) < 4.78 is 23.1. The second kappa shape index (κ2) is 4.75. The van der Waals surface area contributed by atoms with Crippen LogP contribution in [0, 0.1) is 6.92 Å². The Balaban J connectivity index is 2.60. The van der Waals surface area contributed by atoms with Gasteiger partial charge in [0.15, 0.2) is 9.84 Å². The van der Waals surface area contributed by atoms with Crippen molar-refractivity contribution in [3.63, 3.8) is 0 Å². The summed E-state index contributed by atoms with van der Waals surface area (Å²) in [5, 5.41) is 0.663. The van der Waals surface area contributed by atoms with Gasteiger partial charge in [-0.2, -0.15) is 0 Å². The maximum atomic E-state index is 11.6. The molecule has 0 spiro atoms. The molecule has 2 aromatic rings. The van der Waals surface area contributed by atoms with Crippen LogP contribution in [-0.4, -0.2) is 14.7 Å². The summed E-state index contributed by atoms with van der Waals surface area (Å²) in [5.74, 6) is 0. The van der Waals surface area contributed by atoms with E-state index in [1.807, 2.05) is 25.1 Å². The number of hydrogen-bond donors (Lipinski definition) is 0. The zero-order valence-electron chi connectivity index (χ0n) is 10.1. The first-order valence-electron chi connectivity index (χ1n) is 5.44. The molecule has 2 aromatic carbocycles. The van der Waals surface area contributed by atoms with Gasteiger partial charge in [-0.3, -0.25) is 0 Å². The highest BCUT2D eigenvalue weighted by atomic mass is 35.5. The molecule has 4 heteroatoms. The summed E-state index contributed by atoms with van der Waals surface area (Å²) in [6.07, 6.45) is 1.21. The summed E-state index contributed by atoms with van der Waals surface area (Å²) >= 11 is 5.85. The minimum atomic E-state index is -3.18. The molecule has 0 N–H and O–H groups in total. The van der Waals surface area contributed by atoms with Crippen molar-refractivity contribution in [3.8, 4) is 11.1 Å². The maximum absolute atomic E-state index is 11.6. The highest BCUT2D eigenvalue weighted by molar-refractivity contribution is 7.90. The van der Waals surface area contributed by atoms with E-state index in [9.17, 15) is 8.42 Å². The van der Waals surface area contributed by atoms with Gasteiger partial charge in [0, 0.05) is 11.3 Å². The number of sulfone groups is 1. The standard InChI is InChI=1S/C14H13ClO2S/c1-10-3-8-13(18(2,16)17)9-14(10)11-4-6-12(15)7-5-11/h3-9H,1-2H3. The molecule has 0 aliphatic heterocycles. The van der Waals surface area contributed by atoms with Gasteiger partial charge in [-0.15, -0.1) is 0 Å². The fraction of sp³-hybridized carbons (Fsp3) is 0.143. The lowest BCUT2D eigenvalue weighted by molar-refractivity contribution is 0.602. The fourth-order valence-electron chi connectivity index (χ4n) is 1.77. The molecule has 0 unspecified atom stereocenters. The van der Waals surface area contributed by atoms with Gasteiger partial charge in [0.2, 0.25) is 0 Å². The van der Waals surface area contributed by atoms with E-state index in [0.29, 0.717) is 9.92 Å². The minimum Gasteiger partial charge on any atom is -0.224 e. The van der Waals surface area contributed by atoms with Gasteiger partial charge in [-0.1, -0.05) is 29.8 Å². The Kier molecular flexibility index (Phi) is 3.46. The third kappa shape index (κ3) is 2.74. The van der Waals surface area contributed by atoms with Crippen LogP contribution in [0.15, 0.2) is 47.4 Å². The monoisotopic (exact) mass is 280 g/mol. The fourth-order valence-corrected chi connectivity index (χ4v) is 2.55. The molecule has 0 saturated heterocycles. The van der Waals surface area contributed by atoms with Crippen molar-refractivity contribution in [2.24, 2.45) is 0 Å². The van der Waals surface area contributed by atoms with Gasteiger partial charge < -0.3 is 0 Å². The van der Waals surface area contributed by atoms with Crippen molar-refractivity contribution in [3.05, 3.63) is 53.1 Å². The summed E-state index contributed by atoms with van der Waals surface area (Å²) in [5.41, 5.74) is 2.90. The molecule has 0 atom stereocenters. The second-order valence-electron chi connectivity index (χ2n) is 4.26. The molecule has 0 aliphatic rings. The van der Waals surface area contributed by atoms with Crippen LogP contribution in [0.4, 0.5) is 0 Å². The van der Waals surface area contributed by atoms with E-state index in [4.69, 9.17) is 11.6 Å². The first-order valence-corrected chi connectivity index (χ1v) is 7.71. The molecule has 0 aliphatic carbocycles. The largest absolute Gasteiger partial charge is 0.224 e. The van der Waals surface area contributed by atoms with E-state index in [0.717, 1.165) is 16.7 Å². The van der Waals surface area contributed by atoms with Gasteiger partial charge in [-0.05, 0) is 47.9 Å². The molecule has 0 aromatic heterocycles. The van der Waals surface area contributed by atoms with Gasteiger partial charge in [0.05, 0.1) is 4.90 Å². The molecule has 18 heavy (non-hydrogen) atoms. The molecular formula is C14H13ClO2S. The summed E-state index contributed by atoms with van der Waals surface area (Å²) in [6, 6.07) is 12.5. The molecule has 0 saturated carbocycles. The number of aryl methyl sites for hydroxylation is 1. The van der Waals surface area contributed by atoms with E-state index in [-0.39, 0.29) is 0 Å². The second-order valence-corrected chi connectivity index (χ2v) is 6.71. The zero-order valence-corrected chi connectivity index (χ0v) is 11.7. The van der Waals surface area contributed by atoms with Crippen LogP contribution >= 0.6 is 11.6 Å². The molecular weight excluding hydrogens is 268 g/mol. The van der Waals surface area contributed by atoms with Crippen molar-refractivity contribution >= 4 is 21.4 Å². The smallest absolute Gasteiger partial charge is 0.175 e. The van der Waals surface area contributed by atoms with E-state index >= 15 is 0 Å². The predicted molar refractivity (Wildman–Crippen MR) is 74.7 cm³/mol. The predicted octanol–water partition coefficient (Wildman–Crippen LogP) is 3.72. The van der Waals surface area contributed by atoms with E-state index < -0.39 is 9.84 Å². The van der Waals surface area contributed by atoms with Crippen LogP contribution in [0.5, 0.6) is 0 Å². The molecule has 0 radical (unpaired) electrons. The highest BCUT2D eigenvalue weighted by Crippen LogP contribution is 2.27. The first-order chi connectivity index (χ1) is 8.38. The Hall–Kier alpha value is -1.32. The van der Waals surface area contributed by atoms with Crippen LogP contribution in [0.3, 0.4) is 0 Å². The van der Waals surface area contributed by atoms with Crippen molar-refractivity contribution in [1.29, 1.82) is 0 Å². The van der Waals surface area contributed by atoms with Gasteiger partial charge in [-0.25, -0.2) is 8.42 Å². The number of rotatable bonds is 2. The quantitative estimate of drug-likeness (QED) is 0.840. The highest BCUT2D eigenvalue weighted by Gasteiger charge is 2.10. The summed E-state index contributed by atoms with van der Waals surface area (Å²) in [4.78, 5) is 0.332. The molecule has 2 nitrogen and oxygen atoms in total. The van der Waals surface area contributed by atoms with E-state index in [2.05, 4.69) is 0 Å². The SMILES string of the molecule is Cc1ccc(S(C)(=O)=O)cc1-c1ccc(Cl)cc1. The van der Waals surface area contributed by atoms with Crippen LogP contribution < -0.4 is 0 Å². The Labute approximate surface area is 112 Å². The van der Waals surface area contributed by atoms with Crippen molar-refractivity contribution in [1.82, 2.24) is 0 Å². The normalized spacial score (nSPS) is 11.5. The Morgan fingerprint density at radius 1 is 1.00 bits per heavy atom. The number of benzene rings is 2.